The Kier molecular flexibility index (Phi) is 4.98. The number of aliphatic hydroxyl groups excluding tert-OH is 1. The van der Waals surface area contributed by atoms with E-state index in [1.165, 1.54) is 12.1 Å². The van der Waals surface area contributed by atoms with E-state index >= 15 is 0 Å². The summed E-state index contributed by atoms with van der Waals surface area (Å²) in [7, 11) is 0. The highest BCUT2D eigenvalue weighted by Crippen LogP contribution is 2.29. The van der Waals surface area contributed by atoms with Gasteiger partial charge in [0.05, 0.1) is 17.3 Å². The fourth-order valence-electron chi connectivity index (χ4n) is 1.96. The van der Waals surface area contributed by atoms with Crippen LogP contribution in [-0.4, -0.2) is 21.9 Å². The van der Waals surface area contributed by atoms with Crippen molar-refractivity contribution in [3.05, 3.63) is 35.4 Å². The number of halogens is 3. The summed E-state index contributed by atoms with van der Waals surface area (Å²) in [4.78, 5) is 0. The minimum Gasteiger partial charge on any atom is -0.390 e. The van der Waals surface area contributed by atoms with Crippen LogP contribution in [0.1, 0.15) is 37.8 Å². The maximum atomic E-state index is 12.4. The molecule has 1 unspecified atom stereocenters. The zero-order chi connectivity index (χ0) is 14.7. The highest BCUT2D eigenvalue weighted by molar-refractivity contribution is 5.25. The first-order valence-electron chi connectivity index (χ1n) is 6.29. The SMILES string of the molecule is CCC(O)(CC)C(O)Cc1ccc(C(F)(F)F)cc1. The third-order valence-electron chi connectivity index (χ3n) is 3.56. The number of alkyl halides is 3. The maximum absolute atomic E-state index is 12.4. The molecule has 0 fully saturated rings. The predicted molar refractivity (Wildman–Crippen MR) is 66.7 cm³/mol. The molecule has 0 aliphatic carbocycles. The van der Waals surface area contributed by atoms with Crippen LogP contribution in [0.2, 0.25) is 0 Å². The molecule has 2 nitrogen and oxygen atoms in total. The molecule has 108 valence electrons. The van der Waals surface area contributed by atoms with E-state index < -0.39 is 23.4 Å². The van der Waals surface area contributed by atoms with E-state index in [9.17, 15) is 23.4 Å². The molecule has 0 aromatic heterocycles. The van der Waals surface area contributed by atoms with Crippen LogP contribution in [0.3, 0.4) is 0 Å². The van der Waals surface area contributed by atoms with Crippen molar-refractivity contribution < 1.29 is 23.4 Å². The van der Waals surface area contributed by atoms with E-state index in [-0.39, 0.29) is 6.42 Å². The summed E-state index contributed by atoms with van der Waals surface area (Å²) in [5.74, 6) is 0. The Morgan fingerprint density at radius 2 is 1.53 bits per heavy atom. The van der Waals surface area contributed by atoms with Gasteiger partial charge in [0.15, 0.2) is 0 Å². The highest BCUT2D eigenvalue weighted by Gasteiger charge is 2.32. The van der Waals surface area contributed by atoms with E-state index in [1.54, 1.807) is 13.8 Å². The quantitative estimate of drug-likeness (QED) is 0.867. The molecule has 0 saturated carbocycles. The second kappa shape index (κ2) is 5.92. The van der Waals surface area contributed by atoms with Gasteiger partial charge in [0.25, 0.3) is 0 Å². The van der Waals surface area contributed by atoms with Gasteiger partial charge in [-0.15, -0.1) is 0 Å². The first kappa shape index (κ1) is 16.0. The second-order valence-electron chi connectivity index (χ2n) is 4.73. The molecule has 1 atom stereocenters. The monoisotopic (exact) mass is 276 g/mol. The summed E-state index contributed by atoms with van der Waals surface area (Å²) in [5, 5.41) is 20.1. The largest absolute Gasteiger partial charge is 0.416 e. The molecule has 1 aromatic rings. The molecule has 19 heavy (non-hydrogen) atoms. The lowest BCUT2D eigenvalue weighted by molar-refractivity contribution is -0.137. The van der Waals surface area contributed by atoms with Crippen LogP contribution in [0.25, 0.3) is 0 Å². The molecular formula is C14H19F3O2. The van der Waals surface area contributed by atoms with Crippen molar-refractivity contribution in [1.82, 2.24) is 0 Å². The standard InChI is InChI=1S/C14H19F3O2/c1-3-13(19,4-2)12(18)9-10-5-7-11(8-6-10)14(15,16)17/h5-8,12,18-19H,3-4,9H2,1-2H3. The first-order chi connectivity index (χ1) is 8.73. The maximum Gasteiger partial charge on any atom is 0.416 e. The number of rotatable bonds is 5. The summed E-state index contributed by atoms with van der Waals surface area (Å²) >= 11 is 0. The molecule has 0 spiro atoms. The van der Waals surface area contributed by atoms with E-state index in [0.717, 1.165) is 12.1 Å². The van der Waals surface area contributed by atoms with Crippen molar-refractivity contribution in [3.63, 3.8) is 0 Å². The minimum absolute atomic E-state index is 0.135. The predicted octanol–water partition coefficient (Wildman–Crippen LogP) is 3.16. The van der Waals surface area contributed by atoms with Crippen molar-refractivity contribution in [2.45, 2.75) is 51.0 Å². The van der Waals surface area contributed by atoms with Gasteiger partial charge in [0.2, 0.25) is 0 Å². The van der Waals surface area contributed by atoms with Crippen molar-refractivity contribution in [1.29, 1.82) is 0 Å². The molecular weight excluding hydrogens is 257 g/mol. The van der Waals surface area contributed by atoms with Gasteiger partial charge in [-0.3, -0.25) is 0 Å². The Hall–Kier alpha value is -1.07. The minimum atomic E-state index is -4.36. The van der Waals surface area contributed by atoms with Crippen LogP contribution in [0.15, 0.2) is 24.3 Å². The Balaban J connectivity index is 2.78. The number of benzene rings is 1. The lowest BCUT2D eigenvalue weighted by atomic mass is 9.87. The summed E-state index contributed by atoms with van der Waals surface area (Å²) in [6.45, 7) is 3.53. The summed E-state index contributed by atoms with van der Waals surface area (Å²) < 4.78 is 37.2. The van der Waals surface area contributed by atoms with Crippen molar-refractivity contribution >= 4 is 0 Å². The van der Waals surface area contributed by atoms with Crippen molar-refractivity contribution in [2.75, 3.05) is 0 Å². The topological polar surface area (TPSA) is 40.5 Å². The highest BCUT2D eigenvalue weighted by atomic mass is 19.4. The molecule has 0 aliphatic rings. The molecule has 0 bridgehead atoms. The number of hydrogen-bond acceptors (Lipinski definition) is 2. The zero-order valence-corrected chi connectivity index (χ0v) is 11.0. The second-order valence-corrected chi connectivity index (χ2v) is 4.73. The summed E-state index contributed by atoms with van der Waals surface area (Å²) in [5.41, 5.74) is -1.34. The first-order valence-corrected chi connectivity index (χ1v) is 6.29. The molecule has 0 saturated heterocycles. The average molecular weight is 276 g/mol. The zero-order valence-electron chi connectivity index (χ0n) is 11.0. The number of hydrogen-bond donors (Lipinski definition) is 2. The number of aliphatic hydroxyl groups is 2. The average Bonchev–Trinajstić information content (AvgIpc) is 2.37. The normalized spacial score (nSPS) is 14.5. The van der Waals surface area contributed by atoms with Crippen molar-refractivity contribution in [3.8, 4) is 0 Å². The molecule has 0 aliphatic heterocycles. The van der Waals surface area contributed by atoms with Gasteiger partial charge in [-0.1, -0.05) is 26.0 Å². The summed E-state index contributed by atoms with van der Waals surface area (Å²) in [6.07, 6.45) is -4.42. The van der Waals surface area contributed by atoms with Crippen molar-refractivity contribution in [2.24, 2.45) is 0 Å². The Morgan fingerprint density at radius 3 is 1.89 bits per heavy atom. The van der Waals surface area contributed by atoms with E-state index in [0.29, 0.717) is 18.4 Å². The van der Waals surface area contributed by atoms with Gasteiger partial charge in [0.1, 0.15) is 0 Å². The lowest BCUT2D eigenvalue weighted by Crippen LogP contribution is -2.42. The van der Waals surface area contributed by atoms with E-state index in [4.69, 9.17) is 0 Å². The summed E-state index contributed by atoms with van der Waals surface area (Å²) in [6, 6.07) is 4.63. The molecule has 1 aromatic carbocycles. The Morgan fingerprint density at radius 1 is 1.05 bits per heavy atom. The molecule has 1 rings (SSSR count). The van der Waals surface area contributed by atoms with Gasteiger partial charge in [-0.05, 0) is 30.5 Å². The van der Waals surface area contributed by atoms with Crippen LogP contribution in [0.4, 0.5) is 13.2 Å². The molecule has 2 N–H and O–H groups in total. The third kappa shape index (κ3) is 3.94. The van der Waals surface area contributed by atoms with Crippen LogP contribution >= 0.6 is 0 Å². The molecule has 0 heterocycles. The van der Waals surface area contributed by atoms with Crippen LogP contribution in [-0.2, 0) is 12.6 Å². The molecule has 5 heteroatoms. The van der Waals surface area contributed by atoms with Gasteiger partial charge in [-0.2, -0.15) is 13.2 Å². The van der Waals surface area contributed by atoms with E-state index in [1.807, 2.05) is 0 Å². The Bertz CT molecular complexity index is 394. The smallest absolute Gasteiger partial charge is 0.390 e. The van der Waals surface area contributed by atoms with Crippen LogP contribution < -0.4 is 0 Å². The van der Waals surface area contributed by atoms with E-state index in [2.05, 4.69) is 0 Å². The van der Waals surface area contributed by atoms with Gasteiger partial charge in [0, 0.05) is 6.42 Å². The fraction of sp³-hybridized carbons (Fsp3) is 0.571. The third-order valence-corrected chi connectivity index (χ3v) is 3.56. The van der Waals surface area contributed by atoms with Gasteiger partial charge in [-0.25, -0.2) is 0 Å². The fourth-order valence-corrected chi connectivity index (χ4v) is 1.96. The molecule has 0 amide bonds. The van der Waals surface area contributed by atoms with Crippen LogP contribution in [0.5, 0.6) is 0 Å². The molecule has 0 radical (unpaired) electrons. The van der Waals surface area contributed by atoms with Crippen LogP contribution in [0, 0.1) is 0 Å². The Labute approximate surface area is 110 Å². The lowest BCUT2D eigenvalue weighted by Gasteiger charge is -2.31. The van der Waals surface area contributed by atoms with Gasteiger partial charge < -0.3 is 10.2 Å². The van der Waals surface area contributed by atoms with Gasteiger partial charge >= 0.3 is 6.18 Å².